The normalized spacial score (nSPS) is 9.50. The summed E-state index contributed by atoms with van der Waals surface area (Å²) in [7, 11) is 0. The van der Waals surface area contributed by atoms with Crippen LogP contribution in [0.4, 0.5) is 5.69 Å². The SMILES string of the molecule is C=Nc1cc(C=O)c(C)cc1C(=C)O. The molecule has 0 aliphatic heterocycles. The maximum Gasteiger partial charge on any atom is 0.150 e. The first-order valence-corrected chi connectivity index (χ1v) is 4.05. The van der Waals surface area contributed by atoms with E-state index in [0.717, 1.165) is 11.8 Å². The molecule has 72 valence electrons. The van der Waals surface area contributed by atoms with Crippen LogP contribution >= 0.6 is 0 Å². The third-order valence-corrected chi connectivity index (χ3v) is 1.99. The minimum Gasteiger partial charge on any atom is -0.508 e. The summed E-state index contributed by atoms with van der Waals surface area (Å²) in [5.74, 6) is -0.0760. The average molecular weight is 189 g/mol. The Morgan fingerprint density at radius 2 is 2.21 bits per heavy atom. The van der Waals surface area contributed by atoms with Crippen molar-refractivity contribution in [2.75, 3.05) is 0 Å². The summed E-state index contributed by atoms with van der Waals surface area (Å²) in [6.45, 7) is 8.55. The van der Waals surface area contributed by atoms with Gasteiger partial charge in [0.15, 0.2) is 0 Å². The molecule has 0 aromatic heterocycles. The van der Waals surface area contributed by atoms with Gasteiger partial charge < -0.3 is 5.11 Å². The van der Waals surface area contributed by atoms with Crippen LogP contribution in [0.15, 0.2) is 23.7 Å². The van der Waals surface area contributed by atoms with Gasteiger partial charge in [-0.2, -0.15) is 0 Å². The Morgan fingerprint density at radius 1 is 1.57 bits per heavy atom. The number of carbonyl (C=O) groups excluding carboxylic acids is 1. The molecular weight excluding hydrogens is 178 g/mol. The number of aliphatic hydroxyl groups excluding tert-OH is 1. The molecule has 1 aromatic rings. The van der Waals surface area contributed by atoms with E-state index in [1.165, 1.54) is 0 Å². The summed E-state index contributed by atoms with van der Waals surface area (Å²) >= 11 is 0. The molecule has 0 radical (unpaired) electrons. The smallest absolute Gasteiger partial charge is 0.150 e. The summed E-state index contributed by atoms with van der Waals surface area (Å²) < 4.78 is 0. The number of rotatable bonds is 3. The monoisotopic (exact) mass is 189 g/mol. The lowest BCUT2D eigenvalue weighted by molar-refractivity contribution is 0.112. The van der Waals surface area contributed by atoms with E-state index in [1.807, 2.05) is 0 Å². The molecule has 14 heavy (non-hydrogen) atoms. The Morgan fingerprint density at radius 3 is 2.64 bits per heavy atom. The van der Waals surface area contributed by atoms with Gasteiger partial charge in [-0.3, -0.25) is 9.79 Å². The average Bonchev–Trinajstić information content (AvgIpc) is 2.17. The first kappa shape index (κ1) is 10.2. The van der Waals surface area contributed by atoms with E-state index in [0.29, 0.717) is 16.8 Å². The summed E-state index contributed by atoms with van der Waals surface area (Å²) in [6, 6.07) is 3.24. The molecule has 1 aromatic carbocycles. The van der Waals surface area contributed by atoms with Gasteiger partial charge in [0.25, 0.3) is 0 Å². The standard InChI is InChI=1S/C11H11NO2/c1-7-4-10(8(2)14)11(12-3)5-9(7)6-13/h4-6,14H,2-3H2,1H3. The largest absolute Gasteiger partial charge is 0.508 e. The fourth-order valence-electron chi connectivity index (χ4n) is 1.20. The fourth-order valence-corrected chi connectivity index (χ4v) is 1.20. The second-order valence-corrected chi connectivity index (χ2v) is 2.95. The number of carbonyl (C=O) groups is 1. The lowest BCUT2D eigenvalue weighted by Gasteiger charge is -2.06. The number of benzene rings is 1. The van der Waals surface area contributed by atoms with E-state index in [1.54, 1.807) is 19.1 Å². The lowest BCUT2D eigenvalue weighted by atomic mass is 10.0. The van der Waals surface area contributed by atoms with E-state index in [4.69, 9.17) is 0 Å². The molecule has 0 aliphatic carbocycles. The van der Waals surface area contributed by atoms with Crippen LogP contribution in [0, 0.1) is 6.92 Å². The van der Waals surface area contributed by atoms with Crippen LogP contribution in [0.5, 0.6) is 0 Å². The number of nitrogens with zero attached hydrogens (tertiary/aromatic N) is 1. The molecule has 1 N–H and O–H groups in total. The highest BCUT2D eigenvalue weighted by Crippen LogP contribution is 2.26. The zero-order valence-corrected chi connectivity index (χ0v) is 7.95. The molecule has 0 spiro atoms. The fraction of sp³-hybridized carbons (Fsp3) is 0.0909. The van der Waals surface area contributed by atoms with E-state index in [2.05, 4.69) is 18.3 Å². The van der Waals surface area contributed by atoms with Crippen molar-refractivity contribution in [1.82, 2.24) is 0 Å². The van der Waals surface area contributed by atoms with Gasteiger partial charge in [0, 0.05) is 11.1 Å². The predicted molar refractivity (Wildman–Crippen MR) is 57.4 cm³/mol. The molecule has 1 rings (SSSR count). The zero-order chi connectivity index (χ0) is 10.7. The third-order valence-electron chi connectivity index (χ3n) is 1.99. The Bertz CT molecular complexity index is 408. The summed E-state index contributed by atoms with van der Waals surface area (Å²) in [5, 5.41) is 9.25. The number of hydrogen-bond donors (Lipinski definition) is 1. The summed E-state index contributed by atoms with van der Waals surface area (Å²) in [4.78, 5) is 14.3. The Kier molecular flexibility index (Phi) is 2.82. The molecule has 0 atom stereocenters. The number of hydrogen-bond acceptors (Lipinski definition) is 3. The van der Waals surface area contributed by atoms with Crippen LogP contribution in [0.3, 0.4) is 0 Å². The minimum absolute atomic E-state index is 0.0760. The molecule has 0 amide bonds. The van der Waals surface area contributed by atoms with E-state index in [-0.39, 0.29) is 5.76 Å². The van der Waals surface area contributed by atoms with Gasteiger partial charge in [0.1, 0.15) is 12.0 Å². The van der Waals surface area contributed by atoms with E-state index < -0.39 is 0 Å². The summed E-state index contributed by atoms with van der Waals surface area (Å²) in [6.07, 6.45) is 0.744. The number of aliphatic imine (C=N–C) groups is 1. The van der Waals surface area contributed by atoms with Crippen molar-refractivity contribution in [2.45, 2.75) is 6.92 Å². The van der Waals surface area contributed by atoms with Gasteiger partial charge in [0.05, 0.1) is 5.69 Å². The van der Waals surface area contributed by atoms with Gasteiger partial charge in [-0.05, 0) is 31.3 Å². The quantitative estimate of drug-likeness (QED) is 0.451. The Hall–Kier alpha value is -1.90. The molecule has 0 aliphatic rings. The molecule has 3 heteroatoms. The summed E-state index contributed by atoms with van der Waals surface area (Å²) in [5.41, 5.74) is 2.28. The van der Waals surface area contributed by atoms with Gasteiger partial charge >= 0.3 is 0 Å². The van der Waals surface area contributed by atoms with Crippen LogP contribution in [0.1, 0.15) is 21.5 Å². The predicted octanol–water partition coefficient (Wildman–Crippen LogP) is 2.67. The van der Waals surface area contributed by atoms with Crippen molar-refractivity contribution in [3.63, 3.8) is 0 Å². The van der Waals surface area contributed by atoms with Crippen molar-refractivity contribution >= 4 is 24.5 Å². The Balaban J connectivity index is 3.46. The van der Waals surface area contributed by atoms with E-state index >= 15 is 0 Å². The van der Waals surface area contributed by atoms with Crippen LogP contribution in [0.2, 0.25) is 0 Å². The van der Waals surface area contributed by atoms with Crippen LogP contribution < -0.4 is 0 Å². The zero-order valence-electron chi connectivity index (χ0n) is 7.95. The number of aldehydes is 1. The van der Waals surface area contributed by atoms with Gasteiger partial charge in [0.2, 0.25) is 0 Å². The van der Waals surface area contributed by atoms with Crippen LogP contribution in [-0.4, -0.2) is 18.1 Å². The highest BCUT2D eigenvalue weighted by atomic mass is 16.3. The molecular formula is C11H11NO2. The highest BCUT2D eigenvalue weighted by molar-refractivity contribution is 5.83. The lowest BCUT2D eigenvalue weighted by Crippen LogP contribution is -1.90. The van der Waals surface area contributed by atoms with Gasteiger partial charge in [-0.25, -0.2) is 0 Å². The van der Waals surface area contributed by atoms with Crippen molar-refractivity contribution in [1.29, 1.82) is 0 Å². The highest BCUT2D eigenvalue weighted by Gasteiger charge is 2.07. The maximum atomic E-state index is 10.6. The second-order valence-electron chi connectivity index (χ2n) is 2.95. The van der Waals surface area contributed by atoms with Crippen molar-refractivity contribution in [2.24, 2.45) is 4.99 Å². The Labute approximate surface area is 82.4 Å². The van der Waals surface area contributed by atoms with Crippen LogP contribution in [-0.2, 0) is 0 Å². The first-order valence-electron chi connectivity index (χ1n) is 4.05. The third kappa shape index (κ3) is 1.71. The minimum atomic E-state index is -0.0760. The second kappa shape index (κ2) is 3.87. The van der Waals surface area contributed by atoms with Gasteiger partial charge in [-0.1, -0.05) is 6.58 Å². The number of aryl methyl sites for hydroxylation is 1. The molecule has 0 saturated carbocycles. The molecule has 3 nitrogen and oxygen atoms in total. The maximum absolute atomic E-state index is 10.6. The van der Waals surface area contributed by atoms with Crippen molar-refractivity contribution in [3.8, 4) is 0 Å². The topological polar surface area (TPSA) is 49.7 Å². The molecule has 0 saturated heterocycles. The molecule has 0 bridgehead atoms. The van der Waals surface area contributed by atoms with Gasteiger partial charge in [-0.15, -0.1) is 0 Å². The van der Waals surface area contributed by atoms with Crippen molar-refractivity contribution in [3.05, 3.63) is 35.4 Å². The van der Waals surface area contributed by atoms with Crippen molar-refractivity contribution < 1.29 is 9.90 Å². The molecule has 0 fully saturated rings. The molecule has 0 heterocycles. The molecule has 0 unspecified atom stereocenters. The first-order chi connectivity index (χ1) is 6.60. The van der Waals surface area contributed by atoms with Crippen LogP contribution in [0.25, 0.3) is 5.76 Å². The van der Waals surface area contributed by atoms with E-state index in [9.17, 15) is 9.90 Å². The number of aliphatic hydroxyl groups is 1.